The molecule has 0 amide bonds. The summed E-state index contributed by atoms with van der Waals surface area (Å²) in [6.07, 6.45) is 0. The lowest BCUT2D eigenvalue weighted by molar-refractivity contribution is -0.129. The zero-order valence-corrected chi connectivity index (χ0v) is 13.2. The van der Waals surface area contributed by atoms with Crippen LogP contribution in [0.25, 0.3) is 0 Å². The molecule has 0 aliphatic heterocycles. The van der Waals surface area contributed by atoms with Gasteiger partial charge in [0.25, 0.3) is 0 Å². The second-order valence-electron chi connectivity index (χ2n) is 4.87. The van der Waals surface area contributed by atoms with E-state index in [1.165, 1.54) is 0 Å². The number of hydrogen-bond acceptors (Lipinski definition) is 4. The maximum atomic E-state index is 11.4. The average molecular weight is 313 g/mol. The maximum absolute atomic E-state index is 11.4. The number of aryl methyl sites for hydroxylation is 1. The summed E-state index contributed by atoms with van der Waals surface area (Å²) in [4.78, 5) is 16.3. The molecule has 23 heavy (non-hydrogen) atoms. The van der Waals surface area contributed by atoms with Crippen LogP contribution in [0.3, 0.4) is 0 Å². The second-order valence-corrected chi connectivity index (χ2v) is 4.87. The second kappa shape index (κ2) is 7.98. The van der Waals surface area contributed by atoms with Gasteiger partial charge in [0.05, 0.1) is 0 Å². The summed E-state index contributed by atoms with van der Waals surface area (Å²) in [7, 11) is 0. The molecule has 120 valence electrons. The van der Waals surface area contributed by atoms with Crippen molar-refractivity contribution in [1.29, 1.82) is 0 Å². The number of carbonyl (C=O) groups is 1. The number of carboxylic acid groups (broad SMARTS) is 1. The normalized spacial score (nSPS) is 11.1. The molecule has 0 saturated carbocycles. The van der Waals surface area contributed by atoms with Gasteiger partial charge >= 0.3 is 5.97 Å². The lowest BCUT2D eigenvalue weighted by Crippen LogP contribution is -2.18. The van der Waals surface area contributed by atoms with E-state index in [1.54, 1.807) is 19.1 Å². The van der Waals surface area contributed by atoms with Crippen LogP contribution < -0.4 is 4.74 Å². The highest BCUT2D eigenvalue weighted by Crippen LogP contribution is 2.19. The summed E-state index contributed by atoms with van der Waals surface area (Å²) < 4.78 is 5.81. The minimum absolute atomic E-state index is 0.129. The molecule has 0 aliphatic carbocycles. The molecule has 1 N–H and O–H groups in total. The molecule has 2 rings (SSSR count). The Kier molecular flexibility index (Phi) is 5.74. The number of rotatable bonds is 7. The molecule has 0 heterocycles. The number of hydrogen-bond donors (Lipinski definition) is 1. The minimum Gasteiger partial charge on any atom is -0.489 e. The topological polar surface area (TPSA) is 68.1 Å². The fraction of sp³-hybridized carbons (Fsp3) is 0.222. The molecule has 0 aliphatic rings. The van der Waals surface area contributed by atoms with Crippen molar-refractivity contribution in [3.05, 3.63) is 65.2 Å². The van der Waals surface area contributed by atoms with Crippen LogP contribution in [-0.2, 0) is 16.2 Å². The van der Waals surface area contributed by atoms with Gasteiger partial charge in [-0.3, -0.25) is 0 Å². The van der Waals surface area contributed by atoms with Gasteiger partial charge in [0.1, 0.15) is 19.0 Å². The Balaban J connectivity index is 2.26. The van der Waals surface area contributed by atoms with Crippen LogP contribution in [0, 0.1) is 6.92 Å². The van der Waals surface area contributed by atoms with Crippen LogP contribution in [0.2, 0.25) is 0 Å². The van der Waals surface area contributed by atoms with Crippen LogP contribution in [0.15, 0.2) is 53.7 Å². The largest absolute Gasteiger partial charge is 0.489 e. The van der Waals surface area contributed by atoms with Crippen molar-refractivity contribution in [2.45, 2.75) is 20.5 Å². The smallest absolute Gasteiger partial charge is 0.358 e. The van der Waals surface area contributed by atoms with Crippen LogP contribution in [0.4, 0.5) is 0 Å². The number of nitrogens with zero attached hydrogens (tertiary/aromatic N) is 1. The van der Waals surface area contributed by atoms with Crippen LogP contribution in [0.5, 0.6) is 5.75 Å². The van der Waals surface area contributed by atoms with Crippen molar-refractivity contribution in [2.24, 2.45) is 5.16 Å². The highest BCUT2D eigenvalue weighted by molar-refractivity contribution is 6.42. The predicted octanol–water partition coefficient (Wildman–Crippen LogP) is 3.40. The highest BCUT2D eigenvalue weighted by atomic mass is 16.6. The number of ether oxygens (including phenoxy) is 1. The summed E-state index contributed by atoms with van der Waals surface area (Å²) in [5, 5.41) is 13.1. The molecule has 0 bridgehead atoms. The van der Waals surface area contributed by atoms with Gasteiger partial charge in [0.15, 0.2) is 5.71 Å². The third-order valence-corrected chi connectivity index (χ3v) is 3.24. The Labute approximate surface area is 135 Å². The maximum Gasteiger partial charge on any atom is 0.358 e. The van der Waals surface area contributed by atoms with E-state index in [4.69, 9.17) is 9.57 Å². The number of oxime groups is 1. The van der Waals surface area contributed by atoms with Gasteiger partial charge in [-0.25, -0.2) is 4.79 Å². The Morgan fingerprint density at radius 1 is 1.13 bits per heavy atom. The molecule has 5 nitrogen and oxygen atoms in total. The molecule has 0 aromatic heterocycles. The van der Waals surface area contributed by atoms with E-state index in [2.05, 4.69) is 5.16 Å². The van der Waals surface area contributed by atoms with Crippen molar-refractivity contribution in [3.8, 4) is 5.75 Å². The zero-order valence-electron chi connectivity index (χ0n) is 13.2. The quantitative estimate of drug-likeness (QED) is 0.628. The van der Waals surface area contributed by atoms with Gasteiger partial charge in [0, 0.05) is 5.56 Å². The van der Waals surface area contributed by atoms with Gasteiger partial charge in [-0.05, 0) is 31.0 Å². The third kappa shape index (κ3) is 4.32. The lowest BCUT2D eigenvalue weighted by Gasteiger charge is -2.12. The first-order valence-electron chi connectivity index (χ1n) is 7.33. The summed E-state index contributed by atoms with van der Waals surface area (Å²) >= 11 is 0. The fourth-order valence-corrected chi connectivity index (χ4v) is 2.08. The molecule has 0 atom stereocenters. The van der Waals surface area contributed by atoms with Crippen LogP contribution in [0.1, 0.15) is 23.6 Å². The van der Waals surface area contributed by atoms with E-state index in [-0.39, 0.29) is 12.3 Å². The standard InChI is InChI=1S/C18H19NO4/c1-3-23-19-17(18(20)21)15-10-6-5-9-14(15)12-22-16-11-7-4-8-13(16)2/h4-11H,3,12H2,1-2H3,(H,20,21)/b19-17-. The first-order chi connectivity index (χ1) is 11.1. The van der Waals surface area contributed by atoms with Crippen molar-refractivity contribution >= 4 is 11.7 Å². The number of carboxylic acids is 1. The molecule has 0 spiro atoms. The van der Waals surface area contributed by atoms with Crippen LogP contribution >= 0.6 is 0 Å². The molecule has 0 radical (unpaired) electrons. The van der Waals surface area contributed by atoms with Gasteiger partial charge in [0.2, 0.25) is 0 Å². The van der Waals surface area contributed by atoms with Crippen molar-refractivity contribution < 1.29 is 19.5 Å². The zero-order chi connectivity index (χ0) is 16.7. The number of para-hydroxylation sites is 1. The minimum atomic E-state index is -1.14. The Morgan fingerprint density at radius 3 is 2.52 bits per heavy atom. The van der Waals surface area contributed by atoms with Crippen molar-refractivity contribution in [1.82, 2.24) is 0 Å². The van der Waals surface area contributed by atoms with E-state index in [1.807, 2.05) is 43.3 Å². The van der Waals surface area contributed by atoms with E-state index in [9.17, 15) is 9.90 Å². The molecular formula is C18H19NO4. The fourth-order valence-electron chi connectivity index (χ4n) is 2.08. The lowest BCUT2D eigenvalue weighted by atomic mass is 10.0. The average Bonchev–Trinajstić information content (AvgIpc) is 2.55. The summed E-state index contributed by atoms with van der Waals surface area (Å²) in [6.45, 7) is 4.26. The predicted molar refractivity (Wildman–Crippen MR) is 87.8 cm³/mol. The van der Waals surface area contributed by atoms with Crippen molar-refractivity contribution in [3.63, 3.8) is 0 Å². The first-order valence-corrected chi connectivity index (χ1v) is 7.33. The molecule has 0 fully saturated rings. The Bertz CT molecular complexity index is 710. The Morgan fingerprint density at radius 2 is 1.83 bits per heavy atom. The molecule has 0 saturated heterocycles. The van der Waals surface area contributed by atoms with Gasteiger partial charge in [-0.1, -0.05) is 47.6 Å². The molecule has 5 heteroatoms. The van der Waals surface area contributed by atoms with Gasteiger partial charge < -0.3 is 14.7 Å². The molecule has 2 aromatic rings. The Hall–Kier alpha value is -2.82. The number of aliphatic carboxylic acids is 1. The summed E-state index contributed by atoms with van der Waals surface area (Å²) in [5.74, 6) is -0.372. The van der Waals surface area contributed by atoms with Crippen molar-refractivity contribution in [2.75, 3.05) is 6.61 Å². The molecule has 2 aromatic carbocycles. The highest BCUT2D eigenvalue weighted by Gasteiger charge is 2.17. The van der Waals surface area contributed by atoms with Gasteiger partial charge in [-0.2, -0.15) is 0 Å². The van der Waals surface area contributed by atoms with Crippen LogP contribution in [-0.4, -0.2) is 23.4 Å². The first kappa shape index (κ1) is 16.5. The van der Waals surface area contributed by atoms with Gasteiger partial charge in [-0.15, -0.1) is 0 Å². The van der Waals surface area contributed by atoms with E-state index >= 15 is 0 Å². The van der Waals surface area contributed by atoms with E-state index in [0.717, 1.165) is 16.9 Å². The monoisotopic (exact) mass is 313 g/mol. The molecule has 0 unspecified atom stereocenters. The number of benzene rings is 2. The molecular weight excluding hydrogens is 294 g/mol. The summed E-state index contributed by atoms with van der Waals surface area (Å²) in [5.41, 5.74) is 2.11. The van der Waals surface area contributed by atoms with E-state index in [0.29, 0.717) is 12.2 Å². The third-order valence-electron chi connectivity index (χ3n) is 3.24. The SMILES string of the molecule is CCO/N=C(\C(=O)O)c1ccccc1COc1ccccc1C. The van der Waals surface area contributed by atoms with E-state index < -0.39 is 5.97 Å². The summed E-state index contributed by atoms with van der Waals surface area (Å²) in [6, 6.07) is 14.8.